The van der Waals surface area contributed by atoms with E-state index < -0.39 is 0 Å². The van der Waals surface area contributed by atoms with Crippen LogP contribution in [0.15, 0.2) is 24.3 Å². The Morgan fingerprint density at radius 2 is 1.58 bits per heavy atom. The highest BCUT2D eigenvalue weighted by atomic mass is 15.4. The molecule has 0 N–H and O–H groups in total. The minimum atomic E-state index is 0.179. The van der Waals surface area contributed by atoms with E-state index in [4.69, 9.17) is 4.98 Å². The molecule has 0 atom stereocenters. The summed E-state index contributed by atoms with van der Waals surface area (Å²) in [6, 6.07) is 10.3. The molecule has 2 aliphatic heterocycles. The maximum absolute atomic E-state index is 4.84. The van der Waals surface area contributed by atoms with E-state index in [2.05, 4.69) is 55.0 Å². The van der Waals surface area contributed by atoms with Crippen LogP contribution in [0.5, 0.6) is 0 Å². The summed E-state index contributed by atoms with van der Waals surface area (Å²) in [5.41, 5.74) is 2.68. The van der Waals surface area contributed by atoms with Gasteiger partial charge < -0.3 is 0 Å². The van der Waals surface area contributed by atoms with Crippen LogP contribution >= 0.6 is 0 Å². The van der Waals surface area contributed by atoms with Gasteiger partial charge in [0.1, 0.15) is 0 Å². The van der Waals surface area contributed by atoms with Crippen molar-refractivity contribution in [1.82, 2.24) is 19.7 Å². The van der Waals surface area contributed by atoms with Gasteiger partial charge in [-0.2, -0.15) is 5.10 Å². The summed E-state index contributed by atoms with van der Waals surface area (Å²) >= 11 is 0. The first-order valence-electron chi connectivity index (χ1n) is 9.18. The molecule has 2 aliphatic rings. The van der Waals surface area contributed by atoms with Gasteiger partial charge in [0.2, 0.25) is 0 Å². The Balaban J connectivity index is 1.55. The molecular weight excluding hydrogens is 296 g/mol. The Morgan fingerprint density at radius 1 is 1.00 bits per heavy atom. The van der Waals surface area contributed by atoms with Crippen molar-refractivity contribution in [2.45, 2.75) is 70.5 Å². The molecule has 2 fully saturated rings. The van der Waals surface area contributed by atoms with Gasteiger partial charge in [-0.25, -0.2) is 9.67 Å². The van der Waals surface area contributed by atoms with Crippen molar-refractivity contribution in [1.29, 1.82) is 0 Å². The summed E-state index contributed by atoms with van der Waals surface area (Å²) < 4.78 is 1.93. The SMILES string of the molecule is Cn1nc(CN2C3CCC2CC3)nc1-c1ccc(C(C)(C)C)cc1. The van der Waals surface area contributed by atoms with Gasteiger partial charge in [0.05, 0.1) is 6.54 Å². The number of nitrogens with zero attached hydrogens (tertiary/aromatic N) is 4. The number of aromatic nitrogens is 3. The fourth-order valence-corrected chi connectivity index (χ4v) is 4.32. The Bertz CT molecular complexity index is 703. The van der Waals surface area contributed by atoms with Crippen molar-refractivity contribution in [2.24, 2.45) is 7.05 Å². The predicted molar refractivity (Wildman–Crippen MR) is 96.7 cm³/mol. The quantitative estimate of drug-likeness (QED) is 0.858. The molecule has 24 heavy (non-hydrogen) atoms. The number of rotatable bonds is 3. The second-order valence-electron chi connectivity index (χ2n) is 8.44. The molecule has 1 aromatic carbocycles. The summed E-state index contributed by atoms with van der Waals surface area (Å²) in [4.78, 5) is 7.47. The van der Waals surface area contributed by atoms with E-state index in [1.165, 1.54) is 31.2 Å². The van der Waals surface area contributed by atoms with Crippen molar-refractivity contribution in [3.05, 3.63) is 35.7 Å². The standard InChI is InChI=1S/C20H28N4/c1-20(2,3)15-7-5-14(6-8-15)19-21-18(22-23(19)4)13-24-16-9-10-17(24)12-11-16/h5-8,16-17H,9-13H2,1-4H3. The van der Waals surface area contributed by atoms with Gasteiger partial charge in [-0.15, -0.1) is 0 Å². The van der Waals surface area contributed by atoms with Crippen molar-refractivity contribution in [3.63, 3.8) is 0 Å². The van der Waals surface area contributed by atoms with Crippen molar-refractivity contribution in [3.8, 4) is 11.4 Å². The van der Waals surface area contributed by atoms with Gasteiger partial charge in [-0.05, 0) is 36.7 Å². The van der Waals surface area contributed by atoms with E-state index in [9.17, 15) is 0 Å². The highest BCUT2D eigenvalue weighted by Gasteiger charge is 2.39. The first-order chi connectivity index (χ1) is 11.4. The monoisotopic (exact) mass is 324 g/mol. The zero-order valence-electron chi connectivity index (χ0n) is 15.3. The van der Waals surface area contributed by atoms with Crippen molar-refractivity contribution < 1.29 is 0 Å². The van der Waals surface area contributed by atoms with Crippen LogP contribution < -0.4 is 0 Å². The number of fused-ring (bicyclic) bond motifs is 2. The molecule has 4 nitrogen and oxygen atoms in total. The van der Waals surface area contributed by atoms with E-state index in [0.717, 1.165) is 35.8 Å². The van der Waals surface area contributed by atoms with Gasteiger partial charge in [-0.3, -0.25) is 4.90 Å². The molecule has 2 aromatic rings. The van der Waals surface area contributed by atoms with Crippen LogP contribution in [0, 0.1) is 0 Å². The van der Waals surface area contributed by atoms with Gasteiger partial charge in [0.15, 0.2) is 11.6 Å². The van der Waals surface area contributed by atoms with E-state index in [1.807, 2.05) is 11.7 Å². The third-order valence-corrected chi connectivity index (χ3v) is 5.74. The average molecular weight is 324 g/mol. The summed E-state index contributed by atoms with van der Waals surface area (Å²) in [5, 5.41) is 4.68. The number of hydrogen-bond donors (Lipinski definition) is 0. The number of benzene rings is 1. The lowest BCUT2D eigenvalue weighted by Crippen LogP contribution is -2.28. The Hall–Kier alpha value is -1.68. The third kappa shape index (κ3) is 2.77. The second kappa shape index (κ2) is 5.69. The van der Waals surface area contributed by atoms with Crippen LogP contribution in [0.4, 0.5) is 0 Å². The molecule has 4 heteroatoms. The molecule has 0 aliphatic carbocycles. The Kier molecular flexibility index (Phi) is 3.75. The lowest BCUT2D eigenvalue weighted by Gasteiger charge is -2.19. The first-order valence-corrected chi connectivity index (χ1v) is 9.18. The molecule has 0 amide bonds. The van der Waals surface area contributed by atoms with Crippen LogP contribution in [0.25, 0.3) is 11.4 Å². The molecule has 1 aromatic heterocycles. The molecule has 0 radical (unpaired) electrons. The van der Waals surface area contributed by atoms with E-state index in [-0.39, 0.29) is 5.41 Å². The second-order valence-corrected chi connectivity index (χ2v) is 8.44. The van der Waals surface area contributed by atoms with Gasteiger partial charge in [0.25, 0.3) is 0 Å². The summed E-state index contributed by atoms with van der Waals surface area (Å²) in [6.07, 6.45) is 5.44. The van der Waals surface area contributed by atoms with Crippen LogP contribution in [0.3, 0.4) is 0 Å². The zero-order valence-corrected chi connectivity index (χ0v) is 15.3. The zero-order chi connectivity index (χ0) is 16.9. The predicted octanol–water partition coefficient (Wildman–Crippen LogP) is 3.91. The molecule has 0 spiro atoms. The Labute approximate surface area is 144 Å². The summed E-state index contributed by atoms with van der Waals surface area (Å²) in [6.45, 7) is 7.63. The van der Waals surface area contributed by atoms with Gasteiger partial charge in [-0.1, -0.05) is 45.0 Å². The molecular formula is C20H28N4. The molecule has 2 saturated heterocycles. The fraction of sp³-hybridized carbons (Fsp3) is 0.600. The molecule has 4 rings (SSSR count). The van der Waals surface area contributed by atoms with Crippen molar-refractivity contribution >= 4 is 0 Å². The molecule has 2 bridgehead atoms. The first kappa shape index (κ1) is 15.8. The normalized spacial score (nSPS) is 24.0. The van der Waals surface area contributed by atoms with E-state index >= 15 is 0 Å². The summed E-state index contributed by atoms with van der Waals surface area (Å²) in [5.74, 6) is 1.93. The fourth-order valence-electron chi connectivity index (χ4n) is 4.32. The lowest BCUT2D eigenvalue weighted by molar-refractivity contribution is 0.237. The largest absolute Gasteiger partial charge is 0.290 e. The minimum absolute atomic E-state index is 0.179. The van der Waals surface area contributed by atoms with Crippen LogP contribution in [-0.4, -0.2) is 31.7 Å². The van der Waals surface area contributed by atoms with Crippen LogP contribution in [-0.2, 0) is 19.0 Å². The highest BCUT2D eigenvalue weighted by molar-refractivity contribution is 5.56. The summed E-state index contributed by atoms with van der Waals surface area (Å²) in [7, 11) is 2.00. The smallest absolute Gasteiger partial charge is 0.165 e. The molecule has 3 heterocycles. The average Bonchev–Trinajstić information content (AvgIpc) is 3.22. The van der Waals surface area contributed by atoms with E-state index in [0.29, 0.717) is 0 Å². The van der Waals surface area contributed by atoms with Gasteiger partial charge >= 0.3 is 0 Å². The van der Waals surface area contributed by atoms with Crippen molar-refractivity contribution in [2.75, 3.05) is 0 Å². The molecule has 0 saturated carbocycles. The number of hydrogen-bond acceptors (Lipinski definition) is 3. The van der Waals surface area contributed by atoms with Crippen LogP contribution in [0.1, 0.15) is 57.8 Å². The third-order valence-electron chi connectivity index (χ3n) is 5.74. The molecule has 128 valence electrons. The maximum Gasteiger partial charge on any atom is 0.165 e. The number of aryl methyl sites for hydroxylation is 1. The minimum Gasteiger partial charge on any atom is -0.290 e. The maximum atomic E-state index is 4.84. The van der Waals surface area contributed by atoms with E-state index in [1.54, 1.807) is 0 Å². The van der Waals surface area contributed by atoms with Crippen LogP contribution in [0.2, 0.25) is 0 Å². The lowest BCUT2D eigenvalue weighted by atomic mass is 9.87. The van der Waals surface area contributed by atoms with Gasteiger partial charge in [0, 0.05) is 24.7 Å². The molecule has 0 unspecified atom stereocenters. The topological polar surface area (TPSA) is 34.0 Å². The highest BCUT2D eigenvalue weighted by Crippen LogP contribution is 2.38. The Morgan fingerprint density at radius 3 is 2.12 bits per heavy atom.